The van der Waals surface area contributed by atoms with Gasteiger partial charge < -0.3 is 4.42 Å². The van der Waals surface area contributed by atoms with Crippen molar-refractivity contribution in [3.05, 3.63) is 65.4 Å². The number of ketones is 1. The summed E-state index contributed by atoms with van der Waals surface area (Å²) in [7, 11) is 0. The van der Waals surface area contributed by atoms with Crippen molar-refractivity contribution < 1.29 is 13.6 Å². The van der Waals surface area contributed by atoms with Gasteiger partial charge in [0.15, 0.2) is 0 Å². The van der Waals surface area contributed by atoms with E-state index in [9.17, 15) is 9.18 Å². The molecule has 2 aromatic rings. The van der Waals surface area contributed by atoms with Crippen molar-refractivity contribution in [1.82, 2.24) is 0 Å². The molecule has 0 radical (unpaired) electrons. The molecule has 1 aromatic carbocycles. The molecule has 0 saturated carbocycles. The lowest BCUT2D eigenvalue weighted by Gasteiger charge is -1.98. The predicted molar refractivity (Wildman–Crippen MR) is 63.0 cm³/mol. The number of rotatable bonds is 3. The van der Waals surface area contributed by atoms with Gasteiger partial charge in [0.1, 0.15) is 23.2 Å². The van der Waals surface area contributed by atoms with Gasteiger partial charge in [-0.25, -0.2) is 4.39 Å². The fourth-order valence-corrected chi connectivity index (χ4v) is 1.42. The minimum absolute atomic E-state index is 0.0587. The highest BCUT2D eigenvalue weighted by Crippen LogP contribution is 2.13. The molecule has 1 aromatic heterocycles. The lowest BCUT2D eigenvalue weighted by atomic mass is 10.0. The average Bonchev–Trinajstić information content (AvgIpc) is 2.89. The Morgan fingerprint density at radius 1 is 1.28 bits per heavy atom. The molecule has 0 aliphatic heterocycles. The third-order valence-electron chi connectivity index (χ3n) is 2.30. The molecule has 0 aliphatic carbocycles. The van der Waals surface area contributed by atoms with Crippen LogP contribution in [0.3, 0.4) is 0 Å². The molecule has 2 rings (SSSR count). The summed E-state index contributed by atoms with van der Waals surface area (Å²) in [5.74, 6) is -0.476. The predicted octanol–water partition coefficient (Wildman–Crippen LogP) is 3.21. The van der Waals surface area contributed by atoms with Crippen LogP contribution in [0.1, 0.15) is 16.1 Å². The molecule has 1 heterocycles. The maximum Gasteiger partial charge on any atom is 0.203 e. The van der Waals surface area contributed by atoms with E-state index in [0.29, 0.717) is 5.76 Å². The van der Waals surface area contributed by atoms with Gasteiger partial charge in [-0.3, -0.25) is 4.79 Å². The fourth-order valence-electron chi connectivity index (χ4n) is 1.42. The Labute approximate surface area is 103 Å². The zero-order valence-corrected chi connectivity index (χ0v) is 9.26. The van der Waals surface area contributed by atoms with E-state index < -0.39 is 11.6 Å². The van der Waals surface area contributed by atoms with Crippen molar-refractivity contribution in [1.29, 1.82) is 5.26 Å². The number of halogens is 1. The zero-order chi connectivity index (χ0) is 13.0. The minimum atomic E-state index is -0.464. The van der Waals surface area contributed by atoms with Crippen LogP contribution in [0.15, 0.2) is 52.7 Å². The highest BCUT2D eigenvalue weighted by atomic mass is 19.1. The number of allylic oxidation sites excluding steroid dienone is 1. The Bertz CT molecular complexity index is 619. The Morgan fingerprint density at radius 2 is 2.00 bits per heavy atom. The molecule has 0 bridgehead atoms. The Hall–Kier alpha value is -2.67. The summed E-state index contributed by atoms with van der Waals surface area (Å²) < 4.78 is 17.8. The van der Waals surface area contributed by atoms with Gasteiger partial charge in [-0.05, 0) is 36.4 Å². The van der Waals surface area contributed by atoms with Crippen LogP contribution in [0, 0.1) is 17.1 Å². The normalized spacial score (nSPS) is 11.0. The first kappa shape index (κ1) is 11.8. The molecular weight excluding hydrogens is 233 g/mol. The molecule has 0 aliphatic rings. The molecule has 0 saturated heterocycles. The first-order valence-electron chi connectivity index (χ1n) is 5.16. The Balaban J connectivity index is 2.32. The third-order valence-corrected chi connectivity index (χ3v) is 2.30. The zero-order valence-electron chi connectivity index (χ0n) is 9.26. The summed E-state index contributed by atoms with van der Waals surface area (Å²) in [5, 5.41) is 8.96. The lowest BCUT2D eigenvalue weighted by Crippen LogP contribution is -2.01. The fraction of sp³-hybridized carbons (Fsp3) is 0. The van der Waals surface area contributed by atoms with Gasteiger partial charge in [0.05, 0.1) is 6.26 Å². The van der Waals surface area contributed by atoms with Gasteiger partial charge >= 0.3 is 0 Å². The number of nitrogens with zero attached hydrogens (tertiary/aromatic N) is 1. The average molecular weight is 241 g/mol. The van der Waals surface area contributed by atoms with Crippen molar-refractivity contribution in [2.75, 3.05) is 0 Å². The Kier molecular flexibility index (Phi) is 3.35. The molecule has 0 atom stereocenters. The van der Waals surface area contributed by atoms with Gasteiger partial charge in [-0.2, -0.15) is 5.26 Å². The topological polar surface area (TPSA) is 54.0 Å². The lowest BCUT2D eigenvalue weighted by molar-refractivity contribution is 0.104. The van der Waals surface area contributed by atoms with E-state index in [0.717, 1.165) is 0 Å². The largest absolute Gasteiger partial charge is 0.465 e. The monoisotopic (exact) mass is 241 g/mol. The van der Waals surface area contributed by atoms with Crippen LogP contribution in [0.4, 0.5) is 4.39 Å². The van der Waals surface area contributed by atoms with E-state index >= 15 is 0 Å². The summed E-state index contributed by atoms with van der Waals surface area (Å²) in [6.45, 7) is 0. The van der Waals surface area contributed by atoms with Crippen LogP contribution in [-0.2, 0) is 0 Å². The van der Waals surface area contributed by atoms with E-state index in [-0.39, 0.29) is 11.1 Å². The summed E-state index contributed by atoms with van der Waals surface area (Å²) in [5.41, 5.74) is 0.201. The minimum Gasteiger partial charge on any atom is -0.465 e. The second kappa shape index (κ2) is 5.11. The van der Waals surface area contributed by atoms with Crippen molar-refractivity contribution in [3.8, 4) is 6.07 Å². The second-order valence-corrected chi connectivity index (χ2v) is 3.52. The first-order chi connectivity index (χ1) is 8.70. The molecule has 0 unspecified atom stereocenters. The van der Waals surface area contributed by atoms with E-state index in [1.165, 1.54) is 36.6 Å². The summed E-state index contributed by atoms with van der Waals surface area (Å²) in [4.78, 5) is 12.0. The molecule has 18 heavy (non-hydrogen) atoms. The van der Waals surface area contributed by atoms with E-state index in [1.54, 1.807) is 12.1 Å². The Morgan fingerprint density at radius 3 is 2.56 bits per heavy atom. The molecule has 0 spiro atoms. The van der Waals surface area contributed by atoms with Gasteiger partial charge in [0, 0.05) is 11.6 Å². The summed E-state index contributed by atoms with van der Waals surface area (Å²) in [6, 6.07) is 10.1. The van der Waals surface area contributed by atoms with Crippen molar-refractivity contribution in [3.63, 3.8) is 0 Å². The quantitative estimate of drug-likeness (QED) is 0.471. The van der Waals surface area contributed by atoms with Gasteiger partial charge in [-0.15, -0.1) is 0 Å². The van der Waals surface area contributed by atoms with Gasteiger partial charge in [-0.1, -0.05) is 0 Å². The van der Waals surface area contributed by atoms with Gasteiger partial charge in [0.2, 0.25) is 5.78 Å². The second-order valence-electron chi connectivity index (χ2n) is 3.52. The van der Waals surface area contributed by atoms with E-state index in [2.05, 4.69) is 0 Å². The SMILES string of the molecule is N#C/C(=C\c1ccco1)C(=O)c1ccc(F)cc1. The number of nitriles is 1. The van der Waals surface area contributed by atoms with E-state index in [1.807, 2.05) is 6.07 Å². The number of Topliss-reactive ketones (excluding diaryl/α,β-unsaturated/α-hetero) is 1. The summed E-state index contributed by atoms with van der Waals surface area (Å²) in [6.07, 6.45) is 2.80. The highest BCUT2D eigenvalue weighted by Gasteiger charge is 2.12. The van der Waals surface area contributed by atoms with Gasteiger partial charge in [0.25, 0.3) is 0 Å². The van der Waals surface area contributed by atoms with Crippen molar-refractivity contribution >= 4 is 11.9 Å². The van der Waals surface area contributed by atoms with E-state index in [4.69, 9.17) is 9.68 Å². The maximum atomic E-state index is 12.7. The molecule has 0 N–H and O–H groups in total. The number of carbonyl (C=O) groups is 1. The third kappa shape index (κ3) is 2.53. The van der Waals surface area contributed by atoms with Crippen LogP contribution < -0.4 is 0 Å². The van der Waals surface area contributed by atoms with Crippen LogP contribution >= 0.6 is 0 Å². The molecule has 88 valence electrons. The molecule has 3 nitrogen and oxygen atoms in total. The summed E-state index contributed by atoms with van der Waals surface area (Å²) >= 11 is 0. The number of hydrogen-bond acceptors (Lipinski definition) is 3. The van der Waals surface area contributed by atoms with Crippen LogP contribution in [0.2, 0.25) is 0 Å². The molecule has 4 heteroatoms. The number of furan rings is 1. The highest BCUT2D eigenvalue weighted by molar-refractivity contribution is 6.13. The molecule has 0 fully saturated rings. The molecular formula is C14H8FNO2. The number of hydrogen-bond donors (Lipinski definition) is 0. The number of benzene rings is 1. The van der Waals surface area contributed by atoms with Crippen LogP contribution in [0.25, 0.3) is 6.08 Å². The first-order valence-corrected chi connectivity index (χ1v) is 5.16. The standard InChI is InChI=1S/C14H8FNO2/c15-12-5-3-10(4-6-12)14(17)11(9-16)8-13-2-1-7-18-13/h1-8H/b11-8+. The number of carbonyl (C=O) groups excluding carboxylic acids is 1. The van der Waals surface area contributed by atoms with Crippen LogP contribution in [-0.4, -0.2) is 5.78 Å². The maximum absolute atomic E-state index is 12.7. The van der Waals surface area contributed by atoms with Crippen molar-refractivity contribution in [2.24, 2.45) is 0 Å². The molecule has 0 amide bonds. The van der Waals surface area contributed by atoms with Crippen molar-refractivity contribution in [2.45, 2.75) is 0 Å². The smallest absolute Gasteiger partial charge is 0.203 e. The van der Waals surface area contributed by atoms with Crippen LogP contribution in [0.5, 0.6) is 0 Å².